The first-order chi connectivity index (χ1) is 18.5. The minimum Gasteiger partial charge on any atom is -0.341 e. The Morgan fingerprint density at radius 3 is 2.74 bits per heavy atom. The highest BCUT2D eigenvalue weighted by atomic mass is 32.1. The van der Waals surface area contributed by atoms with E-state index in [-0.39, 0.29) is 10.4 Å². The van der Waals surface area contributed by atoms with Gasteiger partial charge in [-0.15, -0.1) is 0 Å². The van der Waals surface area contributed by atoms with Gasteiger partial charge in [-0.05, 0) is 105 Å². The summed E-state index contributed by atoms with van der Waals surface area (Å²) in [6, 6.07) is 13.5. The Kier molecular flexibility index (Phi) is 7.01. The highest BCUT2D eigenvalue weighted by molar-refractivity contribution is 7.16. The molecule has 38 heavy (non-hydrogen) atoms. The molecule has 2 aliphatic heterocycles. The summed E-state index contributed by atoms with van der Waals surface area (Å²) >= 11 is 1.22. The van der Waals surface area contributed by atoms with Crippen molar-refractivity contribution in [2.75, 3.05) is 24.5 Å². The lowest BCUT2D eigenvalue weighted by Gasteiger charge is -2.32. The Hall–Kier alpha value is -3.10. The second kappa shape index (κ2) is 10.6. The smallest absolute Gasteiger partial charge is 0.307 e. The Labute approximate surface area is 225 Å². The first kappa shape index (κ1) is 25.2. The van der Waals surface area contributed by atoms with Gasteiger partial charge < -0.3 is 14.8 Å². The van der Waals surface area contributed by atoms with Crippen molar-refractivity contribution in [1.82, 2.24) is 14.9 Å². The number of thiazole rings is 1. The molecule has 0 unspecified atom stereocenters. The fraction of sp³-hybridized carbons (Fsp3) is 0.400. The Bertz CT molecular complexity index is 1510. The van der Waals surface area contributed by atoms with Gasteiger partial charge in [-0.3, -0.25) is 9.78 Å². The number of alkyl halides is 2. The summed E-state index contributed by atoms with van der Waals surface area (Å²) in [7, 11) is 1.77. The average Bonchev–Trinajstić information content (AvgIpc) is 3.24. The molecular formula is C30H32F2N4OS. The van der Waals surface area contributed by atoms with Crippen LogP contribution in [0.2, 0.25) is 0 Å². The number of aryl methyl sites for hydroxylation is 3. The number of nitrogens with one attached hydrogen (secondary N) is 1. The van der Waals surface area contributed by atoms with Crippen LogP contribution in [0.1, 0.15) is 48.9 Å². The lowest BCUT2D eigenvalue weighted by molar-refractivity contribution is 0.152. The van der Waals surface area contributed by atoms with E-state index < -0.39 is 6.43 Å². The van der Waals surface area contributed by atoms with Crippen LogP contribution in [0.15, 0.2) is 53.5 Å². The van der Waals surface area contributed by atoms with Crippen LogP contribution in [-0.2, 0) is 19.9 Å². The fourth-order valence-electron chi connectivity index (χ4n) is 5.88. The van der Waals surface area contributed by atoms with Crippen LogP contribution in [0, 0.1) is 5.92 Å². The largest absolute Gasteiger partial charge is 0.341 e. The maximum absolute atomic E-state index is 14.4. The molecule has 8 heteroatoms. The van der Waals surface area contributed by atoms with E-state index in [9.17, 15) is 13.6 Å². The fourth-order valence-corrected chi connectivity index (χ4v) is 6.74. The zero-order valence-electron chi connectivity index (χ0n) is 21.6. The third-order valence-corrected chi connectivity index (χ3v) is 9.11. The van der Waals surface area contributed by atoms with Crippen molar-refractivity contribution in [3.8, 4) is 11.1 Å². The van der Waals surface area contributed by atoms with E-state index in [1.54, 1.807) is 23.9 Å². The van der Waals surface area contributed by atoms with Gasteiger partial charge >= 0.3 is 4.87 Å². The molecule has 0 bridgehead atoms. The van der Waals surface area contributed by atoms with E-state index in [0.29, 0.717) is 5.56 Å². The van der Waals surface area contributed by atoms with Crippen molar-refractivity contribution < 1.29 is 8.78 Å². The number of nitrogens with zero attached hydrogens (tertiary/aromatic N) is 3. The molecule has 1 N–H and O–H groups in total. The zero-order valence-corrected chi connectivity index (χ0v) is 22.4. The molecule has 0 aliphatic carbocycles. The standard InChI is InChI=1S/C30H32F2N4OS/c1-35-27-16-23(8-9-28(27)38-30(35)37)36-14-2-3-20-15-24(25(29(31)32)17-26(20)36)21-5-7-22(34-18-21)6-4-19-10-12-33-13-11-19/h5,7-9,15-19,29,33H,2-4,6,10-14H2,1H3. The van der Waals surface area contributed by atoms with Crippen LogP contribution in [0.4, 0.5) is 20.2 Å². The molecule has 2 aromatic heterocycles. The maximum Gasteiger partial charge on any atom is 0.307 e. The topological polar surface area (TPSA) is 50.2 Å². The molecule has 0 radical (unpaired) electrons. The summed E-state index contributed by atoms with van der Waals surface area (Å²) in [4.78, 5) is 18.9. The summed E-state index contributed by atoms with van der Waals surface area (Å²) < 4.78 is 31.4. The first-order valence-electron chi connectivity index (χ1n) is 13.5. The molecule has 0 spiro atoms. The van der Waals surface area contributed by atoms with Crippen molar-refractivity contribution >= 4 is 32.9 Å². The Morgan fingerprint density at radius 1 is 1.13 bits per heavy atom. The van der Waals surface area contributed by atoms with Crippen molar-refractivity contribution in [3.63, 3.8) is 0 Å². The van der Waals surface area contributed by atoms with Crippen LogP contribution < -0.4 is 15.1 Å². The number of hydrogen-bond donors (Lipinski definition) is 1. The van der Waals surface area contributed by atoms with Crippen LogP contribution in [0.3, 0.4) is 0 Å². The predicted molar refractivity (Wildman–Crippen MR) is 151 cm³/mol. The summed E-state index contributed by atoms with van der Waals surface area (Å²) in [5, 5.41) is 3.40. The van der Waals surface area contributed by atoms with Crippen molar-refractivity contribution in [1.29, 1.82) is 0 Å². The van der Waals surface area contributed by atoms with Gasteiger partial charge in [-0.1, -0.05) is 17.4 Å². The van der Waals surface area contributed by atoms with Gasteiger partial charge in [-0.2, -0.15) is 0 Å². The summed E-state index contributed by atoms with van der Waals surface area (Å²) in [5.41, 5.74) is 6.01. The van der Waals surface area contributed by atoms with Crippen molar-refractivity contribution in [2.45, 2.75) is 45.0 Å². The van der Waals surface area contributed by atoms with Gasteiger partial charge in [0.25, 0.3) is 6.43 Å². The van der Waals surface area contributed by atoms with E-state index >= 15 is 0 Å². The summed E-state index contributed by atoms with van der Waals surface area (Å²) in [6.07, 6.45) is 5.39. The second-order valence-electron chi connectivity index (χ2n) is 10.5. The molecule has 0 saturated carbocycles. The number of rotatable bonds is 6. The molecule has 0 atom stereocenters. The number of hydrogen-bond acceptors (Lipinski definition) is 5. The summed E-state index contributed by atoms with van der Waals surface area (Å²) in [5.74, 6) is 0.733. The lowest BCUT2D eigenvalue weighted by Crippen LogP contribution is -2.27. The molecule has 1 saturated heterocycles. The minimum atomic E-state index is -2.60. The molecule has 5 nitrogen and oxygen atoms in total. The van der Waals surface area contributed by atoms with Gasteiger partial charge in [-0.25, -0.2) is 8.78 Å². The summed E-state index contributed by atoms with van der Waals surface area (Å²) in [6.45, 7) is 2.92. The molecule has 1 fully saturated rings. The third-order valence-electron chi connectivity index (χ3n) is 8.09. The van der Waals surface area contributed by atoms with E-state index in [0.717, 1.165) is 89.6 Å². The first-order valence-corrected chi connectivity index (χ1v) is 14.3. The second-order valence-corrected chi connectivity index (χ2v) is 11.5. The highest BCUT2D eigenvalue weighted by Crippen LogP contribution is 2.41. The van der Waals surface area contributed by atoms with Crippen LogP contribution >= 0.6 is 11.3 Å². The van der Waals surface area contributed by atoms with Crippen LogP contribution in [0.25, 0.3) is 21.3 Å². The van der Waals surface area contributed by atoms with Crippen molar-refractivity contribution in [2.24, 2.45) is 13.0 Å². The average molecular weight is 535 g/mol. The maximum atomic E-state index is 14.4. The Morgan fingerprint density at radius 2 is 1.97 bits per heavy atom. The molecular weight excluding hydrogens is 502 g/mol. The molecule has 4 heterocycles. The van der Waals surface area contributed by atoms with E-state index in [1.807, 2.05) is 36.4 Å². The van der Waals surface area contributed by atoms with Gasteiger partial charge in [0.05, 0.1) is 10.2 Å². The SMILES string of the molecule is Cn1c(=O)sc2ccc(N3CCCc4cc(-c5ccc(CCC6CCNCC6)nc5)c(C(F)F)cc43)cc21. The quantitative estimate of drug-likeness (QED) is 0.302. The molecule has 0 amide bonds. The molecule has 6 rings (SSSR count). The lowest BCUT2D eigenvalue weighted by atomic mass is 9.91. The number of anilines is 2. The van der Waals surface area contributed by atoms with E-state index in [1.165, 1.54) is 24.2 Å². The van der Waals surface area contributed by atoms with Crippen molar-refractivity contribution in [3.05, 3.63) is 75.1 Å². The van der Waals surface area contributed by atoms with Gasteiger partial charge in [0.1, 0.15) is 0 Å². The number of fused-ring (bicyclic) bond motifs is 2. The van der Waals surface area contributed by atoms with Gasteiger partial charge in [0.15, 0.2) is 0 Å². The van der Waals surface area contributed by atoms with Crippen LogP contribution in [-0.4, -0.2) is 29.2 Å². The predicted octanol–water partition coefficient (Wildman–Crippen LogP) is 6.62. The number of piperidine rings is 1. The minimum absolute atomic E-state index is 0.00765. The normalized spacial score (nSPS) is 16.4. The molecule has 2 aromatic carbocycles. The van der Waals surface area contributed by atoms with Gasteiger partial charge in [0.2, 0.25) is 0 Å². The monoisotopic (exact) mass is 534 g/mol. The highest BCUT2D eigenvalue weighted by Gasteiger charge is 2.25. The number of pyridine rings is 1. The Balaban J connectivity index is 1.30. The molecule has 2 aliphatic rings. The molecule has 4 aromatic rings. The zero-order chi connectivity index (χ0) is 26.2. The van der Waals surface area contributed by atoms with Crippen LogP contribution in [0.5, 0.6) is 0 Å². The number of benzene rings is 2. The number of aromatic nitrogens is 2. The number of halogens is 2. The van der Waals surface area contributed by atoms with E-state index in [4.69, 9.17) is 0 Å². The molecule has 198 valence electrons. The van der Waals surface area contributed by atoms with Gasteiger partial charge in [0, 0.05) is 48.0 Å². The van der Waals surface area contributed by atoms with E-state index in [2.05, 4.69) is 15.2 Å². The third kappa shape index (κ3) is 4.87.